The third kappa shape index (κ3) is 4.65. The van der Waals surface area contributed by atoms with Gasteiger partial charge in [-0.3, -0.25) is 0 Å². The van der Waals surface area contributed by atoms with Gasteiger partial charge in [0.05, 0.1) is 0 Å². The molecule has 0 heteroatoms. The number of hydrogen-bond donors (Lipinski definition) is 0. The van der Waals surface area contributed by atoms with Crippen LogP contribution < -0.4 is 0 Å². The Balaban J connectivity index is 2.83. The van der Waals surface area contributed by atoms with E-state index in [1.165, 1.54) is 25.7 Å². The first-order valence-electron chi connectivity index (χ1n) is 8.27. The minimum absolute atomic E-state index is 0.283. The SMILES string of the molecule is CCCc1ccccc1C(C)(C)CCC(C)C(C)(C)C. The summed E-state index contributed by atoms with van der Waals surface area (Å²) in [4.78, 5) is 0. The highest BCUT2D eigenvalue weighted by Gasteiger charge is 2.26. The summed E-state index contributed by atoms with van der Waals surface area (Å²) in [7, 11) is 0. The third-order valence-corrected chi connectivity index (χ3v) is 4.95. The normalized spacial score (nSPS) is 14.3. The molecule has 1 aromatic rings. The van der Waals surface area contributed by atoms with Crippen molar-refractivity contribution in [2.45, 2.75) is 79.6 Å². The average Bonchev–Trinajstić information content (AvgIpc) is 2.36. The molecule has 0 amide bonds. The van der Waals surface area contributed by atoms with Crippen LogP contribution in [0.15, 0.2) is 24.3 Å². The molecule has 0 saturated carbocycles. The summed E-state index contributed by atoms with van der Waals surface area (Å²) >= 11 is 0. The van der Waals surface area contributed by atoms with E-state index in [1.807, 2.05) is 0 Å². The fourth-order valence-electron chi connectivity index (χ4n) is 2.81. The number of rotatable bonds is 6. The first-order valence-corrected chi connectivity index (χ1v) is 8.27. The van der Waals surface area contributed by atoms with Crippen molar-refractivity contribution < 1.29 is 0 Å². The van der Waals surface area contributed by atoms with Gasteiger partial charge in [-0.15, -0.1) is 0 Å². The molecule has 0 aliphatic heterocycles. The second kappa shape index (κ2) is 6.78. The first-order chi connectivity index (χ1) is 9.18. The van der Waals surface area contributed by atoms with Gasteiger partial charge in [-0.25, -0.2) is 0 Å². The Morgan fingerprint density at radius 1 is 1.00 bits per heavy atom. The Kier molecular flexibility index (Phi) is 5.86. The van der Waals surface area contributed by atoms with Crippen LogP contribution in [0.3, 0.4) is 0 Å². The molecule has 0 N–H and O–H groups in total. The summed E-state index contributed by atoms with van der Waals surface area (Å²) in [5.41, 5.74) is 3.80. The zero-order valence-electron chi connectivity index (χ0n) is 14.7. The predicted octanol–water partition coefficient (Wildman–Crippen LogP) is 6.38. The van der Waals surface area contributed by atoms with Crippen molar-refractivity contribution in [3.8, 4) is 0 Å². The lowest BCUT2D eigenvalue weighted by atomic mass is 9.72. The summed E-state index contributed by atoms with van der Waals surface area (Å²) in [5.74, 6) is 0.764. The lowest BCUT2D eigenvalue weighted by Crippen LogP contribution is -2.24. The number of benzene rings is 1. The zero-order valence-corrected chi connectivity index (χ0v) is 14.7. The quantitative estimate of drug-likeness (QED) is 0.564. The van der Waals surface area contributed by atoms with Gasteiger partial charge in [0.1, 0.15) is 0 Å². The Labute approximate surface area is 127 Å². The van der Waals surface area contributed by atoms with Crippen LogP contribution in [0.5, 0.6) is 0 Å². The predicted molar refractivity (Wildman–Crippen MR) is 91.3 cm³/mol. The Morgan fingerprint density at radius 3 is 2.15 bits per heavy atom. The van der Waals surface area contributed by atoms with Crippen molar-refractivity contribution in [3.05, 3.63) is 35.4 Å². The van der Waals surface area contributed by atoms with E-state index in [4.69, 9.17) is 0 Å². The topological polar surface area (TPSA) is 0 Å². The largest absolute Gasteiger partial charge is 0.0651 e. The van der Waals surface area contributed by atoms with Crippen molar-refractivity contribution in [2.24, 2.45) is 11.3 Å². The first kappa shape index (κ1) is 17.3. The van der Waals surface area contributed by atoms with Crippen LogP contribution in [0.1, 0.15) is 78.9 Å². The molecule has 0 radical (unpaired) electrons. The van der Waals surface area contributed by atoms with Gasteiger partial charge in [0.25, 0.3) is 0 Å². The summed E-state index contributed by atoms with van der Waals surface area (Å²) in [5, 5.41) is 0. The molecule has 0 nitrogen and oxygen atoms in total. The van der Waals surface area contributed by atoms with Crippen LogP contribution in [-0.4, -0.2) is 0 Å². The van der Waals surface area contributed by atoms with Crippen molar-refractivity contribution in [3.63, 3.8) is 0 Å². The monoisotopic (exact) mass is 274 g/mol. The molecule has 0 fully saturated rings. The van der Waals surface area contributed by atoms with Gasteiger partial charge in [-0.1, -0.05) is 79.2 Å². The highest BCUT2D eigenvalue weighted by atomic mass is 14.3. The van der Waals surface area contributed by atoms with Crippen LogP contribution >= 0.6 is 0 Å². The zero-order chi connectivity index (χ0) is 15.4. The molecule has 1 unspecified atom stereocenters. The molecule has 20 heavy (non-hydrogen) atoms. The second-order valence-corrected chi connectivity index (χ2v) is 8.10. The molecule has 1 rings (SSSR count). The summed E-state index contributed by atoms with van der Waals surface area (Å²) < 4.78 is 0. The minimum Gasteiger partial charge on any atom is -0.0651 e. The lowest BCUT2D eigenvalue weighted by molar-refractivity contribution is 0.227. The Bertz CT molecular complexity index is 406. The van der Waals surface area contributed by atoms with Gasteiger partial charge in [-0.05, 0) is 47.1 Å². The van der Waals surface area contributed by atoms with Gasteiger partial charge in [0.2, 0.25) is 0 Å². The molecule has 0 aliphatic rings. The molecule has 0 bridgehead atoms. The summed E-state index contributed by atoms with van der Waals surface area (Å²) in [6.07, 6.45) is 5.00. The molecule has 1 aromatic carbocycles. The van der Waals surface area contributed by atoms with E-state index in [1.54, 1.807) is 11.1 Å². The van der Waals surface area contributed by atoms with E-state index in [2.05, 4.69) is 72.7 Å². The highest BCUT2D eigenvalue weighted by Crippen LogP contribution is 2.36. The van der Waals surface area contributed by atoms with Crippen LogP contribution in [0, 0.1) is 11.3 Å². The van der Waals surface area contributed by atoms with Crippen molar-refractivity contribution >= 4 is 0 Å². The second-order valence-electron chi connectivity index (χ2n) is 8.10. The molecular weight excluding hydrogens is 240 g/mol. The number of aryl methyl sites for hydroxylation is 1. The van der Waals surface area contributed by atoms with Gasteiger partial charge < -0.3 is 0 Å². The molecule has 1 atom stereocenters. The fourth-order valence-corrected chi connectivity index (χ4v) is 2.81. The third-order valence-electron chi connectivity index (χ3n) is 4.95. The van der Waals surface area contributed by atoms with Crippen molar-refractivity contribution in [1.82, 2.24) is 0 Å². The van der Waals surface area contributed by atoms with E-state index in [0.717, 1.165) is 5.92 Å². The molecule has 114 valence electrons. The van der Waals surface area contributed by atoms with Crippen molar-refractivity contribution in [1.29, 1.82) is 0 Å². The molecule has 0 heterocycles. The number of hydrogen-bond acceptors (Lipinski definition) is 0. The van der Waals surface area contributed by atoms with Crippen LogP contribution in [0.4, 0.5) is 0 Å². The Morgan fingerprint density at radius 2 is 1.60 bits per heavy atom. The van der Waals surface area contributed by atoms with Crippen LogP contribution in [0.2, 0.25) is 0 Å². The van der Waals surface area contributed by atoms with Crippen molar-refractivity contribution in [2.75, 3.05) is 0 Å². The van der Waals surface area contributed by atoms with Gasteiger partial charge in [-0.2, -0.15) is 0 Å². The van der Waals surface area contributed by atoms with E-state index in [-0.39, 0.29) is 5.41 Å². The van der Waals surface area contributed by atoms with E-state index >= 15 is 0 Å². The molecule has 0 aliphatic carbocycles. The van der Waals surface area contributed by atoms with Gasteiger partial charge in [0, 0.05) is 0 Å². The molecule has 0 saturated heterocycles. The maximum atomic E-state index is 2.41. The average molecular weight is 274 g/mol. The minimum atomic E-state index is 0.283. The maximum absolute atomic E-state index is 2.41. The van der Waals surface area contributed by atoms with Gasteiger partial charge >= 0.3 is 0 Å². The highest BCUT2D eigenvalue weighted by molar-refractivity contribution is 5.33. The molecule has 0 aromatic heterocycles. The maximum Gasteiger partial charge on any atom is -0.0101 e. The van der Waals surface area contributed by atoms with E-state index in [0.29, 0.717) is 5.41 Å². The van der Waals surface area contributed by atoms with E-state index in [9.17, 15) is 0 Å². The standard InChI is InChI=1S/C20H34/c1-8-11-17-12-9-10-13-18(17)20(6,7)15-14-16(2)19(3,4)5/h9-10,12-13,16H,8,11,14-15H2,1-7H3. The van der Waals surface area contributed by atoms with Gasteiger partial charge in [0.15, 0.2) is 0 Å². The molecule has 0 spiro atoms. The molecular formula is C20H34. The Hall–Kier alpha value is -0.780. The lowest BCUT2D eigenvalue weighted by Gasteiger charge is -2.33. The van der Waals surface area contributed by atoms with Crippen LogP contribution in [0.25, 0.3) is 0 Å². The van der Waals surface area contributed by atoms with E-state index < -0.39 is 0 Å². The smallest absolute Gasteiger partial charge is 0.0101 e. The summed E-state index contributed by atoms with van der Waals surface area (Å²) in [6.45, 7) is 16.6. The summed E-state index contributed by atoms with van der Waals surface area (Å²) in [6, 6.07) is 9.03. The fraction of sp³-hybridized carbons (Fsp3) is 0.700. The van der Waals surface area contributed by atoms with Crippen LogP contribution in [-0.2, 0) is 11.8 Å².